The number of urea groups is 1. The van der Waals surface area contributed by atoms with Crippen LogP contribution in [-0.4, -0.2) is 67.2 Å². The minimum absolute atomic E-state index is 0.0795. The summed E-state index contributed by atoms with van der Waals surface area (Å²) in [6, 6.07) is 1.11. The highest BCUT2D eigenvalue weighted by Crippen LogP contribution is 2.53. The Kier molecular flexibility index (Phi) is 4.02. The van der Waals surface area contributed by atoms with Crippen molar-refractivity contribution in [2.45, 2.75) is 31.7 Å². The van der Waals surface area contributed by atoms with Crippen LogP contribution in [0, 0.1) is 23.0 Å². The zero-order chi connectivity index (χ0) is 19.3. The number of hydrogen-bond donors (Lipinski definition) is 0. The zero-order valence-corrected chi connectivity index (χ0v) is 15.3. The Morgan fingerprint density at radius 1 is 1.25 bits per heavy atom. The molecule has 1 spiro atoms. The van der Waals surface area contributed by atoms with Crippen molar-refractivity contribution in [2.75, 3.05) is 26.2 Å². The van der Waals surface area contributed by atoms with E-state index < -0.39 is 11.6 Å². The van der Waals surface area contributed by atoms with Gasteiger partial charge in [-0.25, -0.2) is 18.3 Å². The first-order chi connectivity index (χ1) is 13.5. The summed E-state index contributed by atoms with van der Waals surface area (Å²) in [7, 11) is 0. The molecule has 2 saturated heterocycles. The molecule has 28 heavy (non-hydrogen) atoms. The number of carbonyl (C=O) groups is 1. The smallest absolute Gasteiger partial charge is 0.320 e. The molecule has 2 aliphatic heterocycles. The van der Waals surface area contributed by atoms with E-state index >= 15 is 0 Å². The maximum Gasteiger partial charge on any atom is 0.320 e. The van der Waals surface area contributed by atoms with Gasteiger partial charge < -0.3 is 9.80 Å². The zero-order valence-electron chi connectivity index (χ0n) is 15.3. The monoisotopic (exact) mass is 389 g/mol. The fraction of sp³-hybridized carbons (Fsp3) is 0.611. The number of aromatic nitrogens is 5. The van der Waals surface area contributed by atoms with Crippen LogP contribution in [0.15, 0.2) is 18.6 Å². The number of carbonyl (C=O) groups excluding carboxylic acids is 1. The van der Waals surface area contributed by atoms with Crippen LogP contribution >= 0.6 is 0 Å². The molecule has 0 unspecified atom stereocenters. The van der Waals surface area contributed by atoms with E-state index in [2.05, 4.69) is 20.5 Å². The van der Waals surface area contributed by atoms with Gasteiger partial charge in [0.1, 0.15) is 18.0 Å². The average Bonchev–Trinajstić information content (AvgIpc) is 3.28. The second-order valence-electron chi connectivity index (χ2n) is 8.38. The van der Waals surface area contributed by atoms with E-state index in [-0.39, 0.29) is 17.5 Å². The van der Waals surface area contributed by atoms with Crippen molar-refractivity contribution >= 4 is 6.03 Å². The van der Waals surface area contributed by atoms with E-state index in [0.717, 1.165) is 44.6 Å². The normalized spacial score (nSPS) is 23.7. The third-order valence-corrected chi connectivity index (χ3v) is 6.31. The van der Waals surface area contributed by atoms with Gasteiger partial charge in [-0.15, -0.1) is 5.10 Å². The van der Waals surface area contributed by atoms with Gasteiger partial charge in [0.25, 0.3) is 0 Å². The Morgan fingerprint density at radius 3 is 2.79 bits per heavy atom. The molecule has 8 nitrogen and oxygen atoms in total. The number of tetrazole rings is 1. The molecule has 10 heteroatoms. The van der Waals surface area contributed by atoms with Crippen LogP contribution in [0.4, 0.5) is 13.6 Å². The van der Waals surface area contributed by atoms with Crippen LogP contribution in [0.5, 0.6) is 0 Å². The Balaban J connectivity index is 1.10. The van der Waals surface area contributed by atoms with Gasteiger partial charge >= 0.3 is 6.03 Å². The van der Waals surface area contributed by atoms with Gasteiger partial charge in [0.2, 0.25) is 0 Å². The average molecular weight is 389 g/mol. The summed E-state index contributed by atoms with van der Waals surface area (Å²) in [4.78, 5) is 20.4. The first-order valence-electron chi connectivity index (χ1n) is 9.58. The molecule has 4 heterocycles. The van der Waals surface area contributed by atoms with Gasteiger partial charge in [-0.05, 0) is 42.0 Å². The largest absolute Gasteiger partial charge is 0.323 e. The number of halogens is 2. The summed E-state index contributed by atoms with van der Waals surface area (Å²) in [5.74, 6) is -0.873. The van der Waals surface area contributed by atoms with Gasteiger partial charge in [-0.1, -0.05) is 0 Å². The van der Waals surface area contributed by atoms with Crippen molar-refractivity contribution in [1.29, 1.82) is 0 Å². The van der Waals surface area contributed by atoms with Crippen LogP contribution in [0.3, 0.4) is 0 Å². The molecule has 3 fully saturated rings. The summed E-state index contributed by atoms with van der Waals surface area (Å²) in [5, 5.41) is 11.2. The highest BCUT2D eigenvalue weighted by Gasteiger charge is 2.54. The van der Waals surface area contributed by atoms with Crippen LogP contribution < -0.4 is 0 Å². The second kappa shape index (κ2) is 6.46. The van der Waals surface area contributed by atoms with Crippen LogP contribution in [-0.2, 0) is 6.42 Å². The van der Waals surface area contributed by atoms with Crippen molar-refractivity contribution in [3.63, 3.8) is 0 Å². The molecular formula is C18H21F2N7O. The minimum atomic E-state index is -0.649. The molecule has 2 amide bonds. The summed E-state index contributed by atoms with van der Waals surface area (Å²) < 4.78 is 28.4. The van der Waals surface area contributed by atoms with Crippen molar-refractivity contribution in [3.8, 4) is 0 Å². The fourth-order valence-electron chi connectivity index (χ4n) is 5.00. The molecule has 2 aromatic rings. The molecule has 0 aromatic carbocycles. The first kappa shape index (κ1) is 17.4. The third-order valence-electron chi connectivity index (χ3n) is 6.31. The first-order valence-corrected chi connectivity index (χ1v) is 9.58. The molecule has 148 valence electrons. The fourth-order valence-corrected chi connectivity index (χ4v) is 5.00. The van der Waals surface area contributed by atoms with Crippen LogP contribution in [0.2, 0.25) is 0 Å². The van der Waals surface area contributed by atoms with E-state index in [9.17, 15) is 13.6 Å². The van der Waals surface area contributed by atoms with Gasteiger partial charge in [0.05, 0.1) is 17.9 Å². The molecule has 2 aromatic heterocycles. The molecule has 1 atom stereocenters. The van der Waals surface area contributed by atoms with Gasteiger partial charge in [0, 0.05) is 37.7 Å². The number of nitrogens with zero attached hydrogens (tertiary/aromatic N) is 7. The van der Waals surface area contributed by atoms with Crippen molar-refractivity contribution in [2.24, 2.45) is 11.3 Å². The van der Waals surface area contributed by atoms with Crippen LogP contribution in [0.25, 0.3) is 0 Å². The van der Waals surface area contributed by atoms with Gasteiger partial charge in [-0.2, -0.15) is 0 Å². The molecular weight excluding hydrogens is 368 g/mol. The molecule has 0 radical (unpaired) electrons. The lowest BCUT2D eigenvalue weighted by atomic mass is 9.57. The van der Waals surface area contributed by atoms with Gasteiger partial charge in [0.15, 0.2) is 0 Å². The van der Waals surface area contributed by atoms with Gasteiger partial charge in [-0.3, -0.25) is 4.98 Å². The summed E-state index contributed by atoms with van der Waals surface area (Å²) in [5.41, 5.74) is 0.505. The summed E-state index contributed by atoms with van der Waals surface area (Å²) in [6.45, 7) is 2.86. The molecule has 0 N–H and O–H groups in total. The predicted octanol–water partition coefficient (Wildman–Crippen LogP) is 1.67. The van der Waals surface area contributed by atoms with Crippen molar-refractivity contribution < 1.29 is 13.6 Å². The van der Waals surface area contributed by atoms with E-state index in [1.54, 1.807) is 11.0 Å². The lowest BCUT2D eigenvalue weighted by Gasteiger charge is -2.59. The highest BCUT2D eigenvalue weighted by atomic mass is 19.1. The summed E-state index contributed by atoms with van der Waals surface area (Å²) in [6.07, 6.45) is 5.96. The predicted molar refractivity (Wildman–Crippen MR) is 93.0 cm³/mol. The number of rotatable bonds is 3. The minimum Gasteiger partial charge on any atom is -0.323 e. The Bertz CT molecular complexity index is 876. The maximum atomic E-state index is 13.8. The Labute approximate surface area is 160 Å². The van der Waals surface area contributed by atoms with E-state index in [1.165, 1.54) is 0 Å². The highest BCUT2D eigenvalue weighted by molar-refractivity contribution is 5.76. The number of hydrogen-bond acceptors (Lipinski definition) is 5. The number of likely N-dealkylation sites (tertiary alicyclic amines) is 2. The lowest BCUT2D eigenvalue weighted by molar-refractivity contribution is -0.0758. The second-order valence-corrected chi connectivity index (χ2v) is 8.38. The molecule has 3 aliphatic rings. The number of pyridine rings is 1. The van der Waals surface area contributed by atoms with E-state index in [0.29, 0.717) is 31.1 Å². The lowest BCUT2D eigenvalue weighted by Crippen LogP contribution is -2.65. The molecule has 5 rings (SSSR count). The topological polar surface area (TPSA) is 80.0 Å². The quantitative estimate of drug-likeness (QED) is 0.798. The number of amides is 2. The molecule has 1 aliphatic carbocycles. The summed E-state index contributed by atoms with van der Waals surface area (Å²) >= 11 is 0. The standard InChI is InChI=1S/C18H21F2N7O/c19-13-4-15(20)16(21-7-13)3-12-5-18(6-12)9-26(10-18)17(28)25-2-1-14(8-25)27-11-22-23-24-27/h4,7,11-12,14H,1-3,5-6,8-10H2/t14-/m1/s1. The molecule has 1 saturated carbocycles. The molecule has 0 bridgehead atoms. The SMILES string of the molecule is O=C(N1CC[C@@H](n2cnnn2)C1)N1CC2(CC(Cc3ncc(F)cc3F)C2)C1. The van der Waals surface area contributed by atoms with E-state index in [4.69, 9.17) is 0 Å². The van der Waals surface area contributed by atoms with Crippen molar-refractivity contribution in [3.05, 3.63) is 35.9 Å². The van der Waals surface area contributed by atoms with Crippen LogP contribution in [0.1, 0.15) is 31.0 Å². The van der Waals surface area contributed by atoms with E-state index in [1.807, 2.05) is 9.80 Å². The van der Waals surface area contributed by atoms with Crippen molar-refractivity contribution in [1.82, 2.24) is 35.0 Å². The Hall–Kier alpha value is -2.65. The Morgan fingerprint density at radius 2 is 2.07 bits per heavy atom. The maximum absolute atomic E-state index is 13.8. The third kappa shape index (κ3) is 3.00.